The summed E-state index contributed by atoms with van der Waals surface area (Å²) in [6.07, 6.45) is 0. The smallest absolute Gasteiger partial charge is 0.165 e. The number of para-hydroxylation sites is 1. The number of aromatic nitrogens is 1. The number of nitrogens with zero attached hydrogens (tertiary/aromatic N) is 1. The lowest BCUT2D eigenvalue weighted by Crippen LogP contribution is -2.15. The number of hydrogen-bond acceptors (Lipinski definition) is 1. The molecule has 0 N–H and O–H groups in total. The Labute approximate surface area is 655 Å². The van der Waals surface area contributed by atoms with Gasteiger partial charge in [0.1, 0.15) is 0 Å². The summed E-state index contributed by atoms with van der Waals surface area (Å²) < 4.78 is 55.8. The fourth-order valence-corrected chi connectivity index (χ4v) is 16.9. The van der Waals surface area contributed by atoms with E-state index in [1.165, 1.54) is 191 Å². The minimum atomic E-state index is -1.33. The van der Waals surface area contributed by atoms with Crippen LogP contribution in [-0.2, 0) is 5.41 Å². The molecule has 19 rings (SSSR count). The number of benzene rings is 16. The Bertz CT molecular complexity index is 6040. The second-order valence-corrected chi connectivity index (χ2v) is 31.7. The van der Waals surface area contributed by atoms with Gasteiger partial charge in [-0.05, 0) is 244 Å². The molecule has 554 valence electrons. The van der Waals surface area contributed by atoms with E-state index in [0.717, 1.165) is 13.8 Å². The third kappa shape index (κ3) is 16.5. The van der Waals surface area contributed by atoms with E-state index in [9.17, 15) is 17.6 Å². The summed E-state index contributed by atoms with van der Waals surface area (Å²) in [5.74, 6) is -5.31. The number of fused-ring (bicyclic) bond motifs is 14. The van der Waals surface area contributed by atoms with Crippen molar-refractivity contribution in [3.8, 4) is 27.9 Å². The number of aryl methyl sites for hydroxylation is 12. The highest BCUT2D eigenvalue weighted by Gasteiger charge is 2.35. The summed E-state index contributed by atoms with van der Waals surface area (Å²) >= 11 is 1.89. The Morgan fingerprint density at radius 1 is 0.243 bits per heavy atom. The molecule has 0 radical (unpaired) electrons. The largest absolute Gasteiger partial charge is 0.309 e. The SMILES string of the molecule is Cc1c(F)c(F)c(C)c(F)c1F.Cc1c2ccccc2c(C)c2ccccc12.Cc1cc(C)cc(-c2ccccc2)c1.Cc1ccc2c(c1)C(C)(C)c1cc(C)ccc1-2.Cc1ccc2c(c1)c1cc(C)ccc1n2-c1ccccc1.Cc1ccc2c(c1)sc1cc(C)ccc12.Cc1ccc2c(ccc3cc(C)ccc32)c1. The zero-order chi connectivity index (χ0) is 78.7. The molecule has 0 unspecified atom stereocenters. The van der Waals surface area contributed by atoms with E-state index in [4.69, 9.17) is 0 Å². The summed E-state index contributed by atoms with van der Waals surface area (Å²) in [5.41, 5.74) is 27.0. The molecule has 2 heterocycles. The predicted octanol–water partition coefficient (Wildman–Crippen LogP) is 30.7. The molecule has 0 spiro atoms. The third-order valence-corrected chi connectivity index (χ3v) is 22.6. The molecule has 0 atom stereocenters. The van der Waals surface area contributed by atoms with Crippen molar-refractivity contribution in [3.63, 3.8) is 0 Å². The van der Waals surface area contributed by atoms with Crippen molar-refractivity contribution in [3.05, 3.63) is 397 Å². The van der Waals surface area contributed by atoms with Gasteiger partial charge in [0.05, 0.1) is 11.0 Å². The quantitative estimate of drug-likeness (QED) is 0.0704. The van der Waals surface area contributed by atoms with Crippen LogP contribution in [0.25, 0.3) is 113 Å². The fourth-order valence-electron chi connectivity index (χ4n) is 15.6. The van der Waals surface area contributed by atoms with E-state index in [1.807, 2.05) is 17.4 Å². The van der Waals surface area contributed by atoms with Crippen molar-refractivity contribution in [2.45, 2.75) is 116 Å². The van der Waals surface area contributed by atoms with E-state index in [1.54, 1.807) is 0 Å². The molecular weight excluding hydrogens is 1380 g/mol. The summed E-state index contributed by atoms with van der Waals surface area (Å²) in [5, 5.41) is 16.3. The standard InChI is InChI=1S/C20H17N.C17H18.2C16H14.C14H12S.C14H14.C8H6F4/c1-14-8-10-19-17(12-14)18-13-15(2)9-11-20(18)21(19)16-6-4-3-5-7-16;1-11-5-7-13-14-8-6-12(2)10-16(14)17(3,4)15(13)9-11;1-11-3-7-15-13(9-11)5-6-14-10-12(2)4-8-16(14)15;1-11-13-7-3-5-9-15(13)12(2)16-10-6-4-8-14(11)16;1-9-3-5-11-12-6-4-10(2)8-14(12)15-13(11)7-9;1-11-8-12(2)10-14(9-11)13-6-4-3-5-7-13;1-3-5(9)7(11)4(2)8(12)6(3)10/h3-13H,1-2H3;5-10H,1-4H3;2*3-10H,1-2H3;3-8H,1-2H3;3-10H,1-2H3;1-2H3. The third-order valence-electron chi connectivity index (χ3n) is 21.5. The fraction of sp³-hybridized carbons (Fsp3) is 0.162. The molecule has 111 heavy (non-hydrogen) atoms. The zero-order valence-electron chi connectivity index (χ0n) is 66.5. The lowest BCUT2D eigenvalue weighted by molar-refractivity contribution is 0.436. The summed E-state index contributed by atoms with van der Waals surface area (Å²) in [6.45, 7) is 32.5. The van der Waals surface area contributed by atoms with Gasteiger partial charge in [-0.1, -0.05) is 295 Å². The number of hydrogen-bond donors (Lipinski definition) is 0. The minimum Gasteiger partial charge on any atom is -0.309 e. The molecule has 0 saturated heterocycles. The first kappa shape index (κ1) is 77.5. The predicted molar refractivity (Wildman–Crippen MR) is 471 cm³/mol. The minimum absolute atomic E-state index is 0.142. The Morgan fingerprint density at radius 3 is 0.964 bits per heavy atom. The monoisotopic (exact) mass is 1480 g/mol. The Hall–Kier alpha value is -11.7. The molecule has 0 amide bonds. The molecule has 0 fully saturated rings. The van der Waals surface area contributed by atoms with Crippen molar-refractivity contribution in [1.29, 1.82) is 0 Å². The highest BCUT2D eigenvalue weighted by Crippen LogP contribution is 2.49. The summed E-state index contributed by atoms with van der Waals surface area (Å²) in [4.78, 5) is 0. The van der Waals surface area contributed by atoms with Gasteiger partial charge in [0.2, 0.25) is 0 Å². The number of halogens is 4. The maximum atomic E-state index is 12.7. The van der Waals surface area contributed by atoms with Gasteiger partial charge in [0, 0.05) is 53.2 Å². The van der Waals surface area contributed by atoms with Crippen LogP contribution in [0.3, 0.4) is 0 Å². The first-order chi connectivity index (χ1) is 53.2. The van der Waals surface area contributed by atoms with Crippen LogP contribution in [0.5, 0.6) is 0 Å². The van der Waals surface area contributed by atoms with Crippen molar-refractivity contribution in [2.75, 3.05) is 0 Å². The lowest BCUT2D eigenvalue weighted by atomic mass is 9.81. The van der Waals surface area contributed by atoms with E-state index in [2.05, 4.69) is 381 Å². The highest BCUT2D eigenvalue weighted by atomic mass is 32.1. The second kappa shape index (κ2) is 32.9. The molecule has 2 aromatic heterocycles. The Balaban J connectivity index is 0.000000114. The van der Waals surface area contributed by atoms with Crippen LogP contribution >= 0.6 is 11.3 Å². The number of rotatable bonds is 2. The molecule has 0 saturated carbocycles. The molecule has 18 aromatic rings. The zero-order valence-corrected chi connectivity index (χ0v) is 67.3. The average Bonchev–Trinajstić information content (AvgIpc) is 1.63. The van der Waals surface area contributed by atoms with Crippen LogP contribution in [0.15, 0.2) is 285 Å². The van der Waals surface area contributed by atoms with Crippen LogP contribution in [-0.4, -0.2) is 4.57 Å². The topological polar surface area (TPSA) is 4.93 Å². The van der Waals surface area contributed by atoms with E-state index in [0.29, 0.717) is 0 Å². The average molecular weight is 1480 g/mol. The lowest BCUT2D eigenvalue weighted by Gasteiger charge is -2.22. The van der Waals surface area contributed by atoms with Crippen LogP contribution < -0.4 is 0 Å². The molecular formula is C105H95F4NS. The van der Waals surface area contributed by atoms with Crippen molar-refractivity contribution in [1.82, 2.24) is 4.57 Å². The van der Waals surface area contributed by atoms with Gasteiger partial charge in [-0.2, -0.15) is 0 Å². The van der Waals surface area contributed by atoms with Gasteiger partial charge in [-0.25, -0.2) is 17.6 Å². The summed E-state index contributed by atoms with van der Waals surface area (Å²) in [7, 11) is 0. The van der Waals surface area contributed by atoms with E-state index < -0.39 is 34.4 Å². The van der Waals surface area contributed by atoms with Crippen molar-refractivity contribution < 1.29 is 17.6 Å². The molecule has 16 aromatic carbocycles. The first-order valence-electron chi connectivity index (χ1n) is 38.1. The Kier molecular flexibility index (Phi) is 22.9. The van der Waals surface area contributed by atoms with Gasteiger partial charge in [-0.15, -0.1) is 11.3 Å². The van der Waals surface area contributed by atoms with Gasteiger partial charge in [-0.3, -0.25) is 0 Å². The molecule has 0 bridgehead atoms. The molecule has 1 nitrogen and oxygen atoms in total. The van der Waals surface area contributed by atoms with Crippen molar-refractivity contribution >= 4 is 96.4 Å². The van der Waals surface area contributed by atoms with Gasteiger partial charge in [0.25, 0.3) is 0 Å². The number of thiophene rings is 1. The molecule has 0 aliphatic heterocycles. The maximum absolute atomic E-state index is 12.7. The molecule has 1 aliphatic rings. The van der Waals surface area contributed by atoms with Gasteiger partial charge in [0.15, 0.2) is 23.3 Å². The highest BCUT2D eigenvalue weighted by molar-refractivity contribution is 7.25. The Morgan fingerprint density at radius 2 is 0.568 bits per heavy atom. The van der Waals surface area contributed by atoms with Crippen LogP contribution in [0, 0.1) is 120 Å². The molecule has 1 aliphatic carbocycles. The van der Waals surface area contributed by atoms with E-state index in [-0.39, 0.29) is 5.41 Å². The first-order valence-corrected chi connectivity index (χ1v) is 38.9. The van der Waals surface area contributed by atoms with E-state index >= 15 is 0 Å². The van der Waals surface area contributed by atoms with Crippen LogP contribution in [0.4, 0.5) is 17.6 Å². The maximum Gasteiger partial charge on any atom is 0.165 e. The van der Waals surface area contributed by atoms with Gasteiger partial charge < -0.3 is 4.57 Å². The van der Waals surface area contributed by atoms with Crippen molar-refractivity contribution in [2.24, 2.45) is 0 Å². The normalized spacial score (nSPS) is 11.7. The summed E-state index contributed by atoms with van der Waals surface area (Å²) in [6, 6.07) is 103. The van der Waals surface area contributed by atoms with Gasteiger partial charge >= 0.3 is 0 Å². The van der Waals surface area contributed by atoms with Crippen LogP contribution in [0.2, 0.25) is 0 Å². The second-order valence-electron chi connectivity index (χ2n) is 30.6. The molecule has 6 heteroatoms. The van der Waals surface area contributed by atoms with Crippen LogP contribution in [0.1, 0.15) is 103 Å².